The molecular weight excluding hydrogens is 425 g/mol. The minimum absolute atomic E-state index is 0.0114. The fraction of sp³-hybridized carbons (Fsp3) is 0.0833. The molecule has 0 unspecified atom stereocenters. The van der Waals surface area contributed by atoms with Gasteiger partial charge >= 0.3 is 0 Å². The van der Waals surface area contributed by atoms with Gasteiger partial charge in [0.25, 0.3) is 0 Å². The third kappa shape index (κ3) is 3.91. The maximum Gasteiger partial charge on any atom is 0.227 e. The molecule has 0 aliphatic rings. The van der Waals surface area contributed by atoms with Crippen molar-refractivity contribution in [2.24, 2.45) is 0 Å². The van der Waals surface area contributed by atoms with Crippen LogP contribution in [0.4, 0.5) is 4.39 Å². The summed E-state index contributed by atoms with van der Waals surface area (Å²) in [5.74, 6) is -1.11. The molecule has 0 amide bonds. The van der Waals surface area contributed by atoms with Crippen molar-refractivity contribution in [1.82, 2.24) is 24.7 Å². The van der Waals surface area contributed by atoms with E-state index in [0.717, 1.165) is 11.8 Å². The summed E-state index contributed by atoms with van der Waals surface area (Å²) in [5, 5.41) is 25.1. The lowest BCUT2D eigenvalue weighted by Crippen LogP contribution is -2.04. The summed E-state index contributed by atoms with van der Waals surface area (Å²) in [6, 6.07) is 18.5. The maximum atomic E-state index is 14.2. The number of aromatic hydroxyl groups is 2. The second-order valence-electron chi connectivity index (χ2n) is 7.33. The smallest absolute Gasteiger partial charge is 0.227 e. The summed E-state index contributed by atoms with van der Waals surface area (Å²) >= 11 is 0. The number of fused-ring (bicyclic) bond motifs is 1. The van der Waals surface area contributed by atoms with Gasteiger partial charge in [0.2, 0.25) is 17.6 Å². The van der Waals surface area contributed by atoms with Crippen molar-refractivity contribution in [1.29, 1.82) is 0 Å². The van der Waals surface area contributed by atoms with E-state index < -0.39 is 17.6 Å². The van der Waals surface area contributed by atoms with Gasteiger partial charge in [-0.25, -0.2) is 9.07 Å². The average molecular weight is 443 g/mol. The predicted molar refractivity (Wildman–Crippen MR) is 119 cm³/mol. The van der Waals surface area contributed by atoms with Gasteiger partial charge in [-0.3, -0.25) is 0 Å². The number of halogens is 1. The Labute approximate surface area is 187 Å². The van der Waals surface area contributed by atoms with Gasteiger partial charge in [0.05, 0.1) is 23.0 Å². The molecule has 8 nitrogen and oxygen atoms in total. The molecule has 0 aliphatic carbocycles. The van der Waals surface area contributed by atoms with Crippen LogP contribution in [-0.4, -0.2) is 34.9 Å². The molecule has 9 heteroatoms. The average Bonchev–Trinajstić information content (AvgIpc) is 3.13. The molecule has 2 aromatic carbocycles. The lowest BCUT2D eigenvalue weighted by Gasteiger charge is -2.12. The van der Waals surface area contributed by atoms with Crippen molar-refractivity contribution in [3.63, 3.8) is 0 Å². The van der Waals surface area contributed by atoms with Gasteiger partial charge in [-0.1, -0.05) is 36.4 Å². The molecule has 0 radical (unpaired) electrons. The number of rotatable bonds is 5. The van der Waals surface area contributed by atoms with Crippen LogP contribution in [-0.2, 0) is 6.61 Å². The molecule has 0 saturated heterocycles. The lowest BCUT2D eigenvalue weighted by molar-refractivity contribution is 0.290. The zero-order valence-corrected chi connectivity index (χ0v) is 17.5. The van der Waals surface area contributed by atoms with E-state index in [2.05, 4.69) is 20.1 Å². The highest BCUT2D eigenvalue weighted by atomic mass is 19.1. The molecule has 33 heavy (non-hydrogen) atoms. The number of hydrogen-bond donors (Lipinski definition) is 2. The second kappa shape index (κ2) is 8.19. The Morgan fingerprint density at radius 3 is 2.33 bits per heavy atom. The van der Waals surface area contributed by atoms with Crippen molar-refractivity contribution >= 4 is 11.0 Å². The van der Waals surface area contributed by atoms with Gasteiger partial charge in [-0.15, -0.1) is 0 Å². The van der Waals surface area contributed by atoms with Crippen LogP contribution in [0.25, 0.3) is 28.1 Å². The van der Waals surface area contributed by atoms with E-state index in [4.69, 9.17) is 4.74 Å². The summed E-state index contributed by atoms with van der Waals surface area (Å²) in [7, 11) is 0. The summed E-state index contributed by atoms with van der Waals surface area (Å²) in [5.41, 5.74) is 2.70. The quantitative estimate of drug-likeness (QED) is 0.417. The van der Waals surface area contributed by atoms with Crippen molar-refractivity contribution in [3.8, 4) is 34.7 Å². The Kier molecular flexibility index (Phi) is 5.06. The summed E-state index contributed by atoms with van der Waals surface area (Å²) < 4.78 is 21.8. The Hall–Kier alpha value is -4.53. The minimum Gasteiger partial charge on any atom is -0.493 e. The molecule has 2 N–H and O–H groups in total. The lowest BCUT2D eigenvalue weighted by atomic mass is 10.1. The summed E-state index contributed by atoms with van der Waals surface area (Å²) in [6.45, 7) is 1.75. The van der Waals surface area contributed by atoms with Crippen LogP contribution >= 0.6 is 0 Å². The first-order valence-corrected chi connectivity index (χ1v) is 10.1. The van der Waals surface area contributed by atoms with E-state index in [-0.39, 0.29) is 18.3 Å². The van der Waals surface area contributed by atoms with Gasteiger partial charge in [0.1, 0.15) is 12.4 Å². The molecule has 0 atom stereocenters. The molecule has 0 aliphatic heterocycles. The summed E-state index contributed by atoms with van der Waals surface area (Å²) in [4.78, 5) is 12.7. The molecule has 0 bridgehead atoms. The van der Waals surface area contributed by atoms with E-state index in [1.165, 1.54) is 6.07 Å². The molecular formula is C24H18FN5O3. The molecule has 164 valence electrons. The number of para-hydroxylation sites is 1. The number of pyridine rings is 1. The van der Waals surface area contributed by atoms with Crippen molar-refractivity contribution in [3.05, 3.63) is 83.8 Å². The number of ether oxygens (including phenoxy) is 1. The van der Waals surface area contributed by atoms with Gasteiger partial charge in [-0.05, 0) is 31.2 Å². The van der Waals surface area contributed by atoms with Gasteiger partial charge in [-0.2, -0.15) is 20.1 Å². The SMILES string of the molecule is Cc1nn(-c2ccccc2)c2nc(OCc3ccccc3F)c(-c3nc(O)cc(O)n3)cc12. The Morgan fingerprint density at radius 2 is 1.61 bits per heavy atom. The Bertz CT molecular complexity index is 1450. The van der Waals surface area contributed by atoms with E-state index in [9.17, 15) is 14.6 Å². The summed E-state index contributed by atoms with van der Waals surface area (Å²) in [6.07, 6.45) is 0. The highest BCUT2D eigenvalue weighted by Gasteiger charge is 2.20. The third-order valence-corrected chi connectivity index (χ3v) is 5.07. The largest absolute Gasteiger partial charge is 0.493 e. The Morgan fingerprint density at radius 1 is 0.909 bits per heavy atom. The van der Waals surface area contributed by atoms with Crippen LogP contribution in [0.15, 0.2) is 66.7 Å². The first-order valence-electron chi connectivity index (χ1n) is 10.1. The van der Waals surface area contributed by atoms with Gasteiger partial charge in [0, 0.05) is 10.9 Å². The van der Waals surface area contributed by atoms with E-state index >= 15 is 0 Å². The van der Waals surface area contributed by atoms with Crippen molar-refractivity contribution in [2.45, 2.75) is 13.5 Å². The molecule has 5 rings (SSSR count). The normalized spacial score (nSPS) is 11.1. The van der Waals surface area contributed by atoms with Gasteiger partial charge in [0.15, 0.2) is 11.5 Å². The number of benzene rings is 2. The zero-order valence-electron chi connectivity index (χ0n) is 17.5. The van der Waals surface area contributed by atoms with Crippen LogP contribution in [0.5, 0.6) is 17.6 Å². The number of hydrogen-bond acceptors (Lipinski definition) is 7. The number of aromatic nitrogens is 5. The van der Waals surface area contributed by atoms with Crippen LogP contribution < -0.4 is 4.74 Å². The minimum atomic E-state index is -0.408. The number of nitrogens with zero attached hydrogens (tertiary/aromatic N) is 5. The van der Waals surface area contributed by atoms with Gasteiger partial charge < -0.3 is 14.9 Å². The molecule has 0 fully saturated rings. The topological polar surface area (TPSA) is 106 Å². The van der Waals surface area contributed by atoms with Crippen LogP contribution in [0.1, 0.15) is 11.3 Å². The van der Waals surface area contributed by atoms with Crippen LogP contribution in [0, 0.1) is 12.7 Å². The van der Waals surface area contributed by atoms with Crippen molar-refractivity contribution < 1.29 is 19.3 Å². The highest BCUT2D eigenvalue weighted by Crippen LogP contribution is 2.34. The maximum absolute atomic E-state index is 14.2. The van der Waals surface area contributed by atoms with E-state index in [1.54, 1.807) is 28.9 Å². The standard InChI is InChI=1S/C24H18FN5O3/c1-14-17-11-18(22-26-20(31)12-21(32)27-22)24(33-13-15-7-5-6-10-19(15)25)28-23(17)30(29-14)16-8-3-2-4-9-16/h2-12H,13H2,1H3,(H2,26,27,31,32). The molecule has 0 saturated carbocycles. The van der Waals surface area contributed by atoms with Crippen LogP contribution in [0.2, 0.25) is 0 Å². The molecule has 3 aromatic heterocycles. The first kappa shape index (κ1) is 20.4. The second-order valence-corrected chi connectivity index (χ2v) is 7.33. The van der Waals surface area contributed by atoms with Crippen molar-refractivity contribution in [2.75, 3.05) is 0 Å². The predicted octanol–water partition coefficient (Wildman–Crippen LogP) is 4.32. The van der Waals surface area contributed by atoms with Crippen LogP contribution in [0.3, 0.4) is 0 Å². The Balaban J connectivity index is 1.69. The fourth-order valence-electron chi connectivity index (χ4n) is 3.49. The highest BCUT2D eigenvalue weighted by molar-refractivity contribution is 5.86. The zero-order chi connectivity index (χ0) is 22.9. The van der Waals surface area contributed by atoms with E-state index in [0.29, 0.717) is 27.9 Å². The molecule has 3 heterocycles. The third-order valence-electron chi connectivity index (χ3n) is 5.07. The number of aryl methyl sites for hydroxylation is 1. The fourth-order valence-corrected chi connectivity index (χ4v) is 3.49. The molecule has 5 aromatic rings. The van der Waals surface area contributed by atoms with E-state index in [1.807, 2.05) is 37.3 Å². The first-order chi connectivity index (χ1) is 16.0. The molecule has 0 spiro atoms. The monoisotopic (exact) mass is 443 g/mol.